The summed E-state index contributed by atoms with van der Waals surface area (Å²) in [6, 6.07) is 0. The van der Waals surface area contributed by atoms with Crippen LogP contribution >= 0.6 is 0 Å². The molecule has 0 aromatic rings. The summed E-state index contributed by atoms with van der Waals surface area (Å²) in [5.74, 6) is -2.15. The Morgan fingerprint density at radius 2 is 1.79 bits per heavy atom. The van der Waals surface area contributed by atoms with Gasteiger partial charge in [0.1, 0.15) is 5.41 Å². The molecular formula is C13H17NO5. The van der Waals surface area contributed by atoms with Crippen LogP contribution in [-0.4, -0.2) is 41.6 Å². The van der Waals surface area contributed by atoms with E-state index in [1.54, 1.807) is 6.92 Å². The third-order valence-electron chi connectivity index (χ3n) is 3.74. The minimum Gasteiger partial charge on any atom is -0.465 e. The first kappa shape index (κ1) is 13.7. The monoisotopic (exact) mass is 267 g/mol. The van der Waals surface area contributed by atoms with E-state index in [1.807, 2.05) is 0 Å². The lowest BCUT2D eigenvalue weighted by Gasteiger charge is -2.24. The summed E-state index contributed by atoms with van der Waals surface area (Å²) in [6.07, 6.45) is 0.601. The Bertz CT molecular complexity index is 448. The number of ether oxygens (including phenoxy) is 1. The Labute approximate surface area is 111 Å². The Balaban J connectivity index is 2.03. The van der Waals surface area contributed by atoms with Crippen molar-refractivity contribution in [1.29, 1.82) is 0 Å². The van der Waals surface area contributed by atoms with Gasteiger partial charge in [0, 0.05) is 0 Å². The van der Waals surface area contributed by atoms with E-state index < -0.39 is 17.2 Å². The van der Waals surface area contributed by atoms with Crippen molar-refractivity contribution < 1.29 is 23.9 Å². The minimum atomic E-state index is -1.34. The number of nitrogens with zero attached hydrogens (tertiary/aromatic N) is 1. The maximum atomic E-state index is 12.1. The van der Waals surface area contributed by atoms with Crippen molar-refractivity contribution >= 4 is 23.6 Å². The number of rotatable bonds is 5. The fourth-order valence-corrected chi connectivity index (χ4v) is 2.17. The quantitative estimate of drug-likeness (QED) is 0.402. The Hall–Kier alpha value is -1.72. The van der Waals surface area contributed by atoms with E-state index in [4.69, 9.17) is 4.74 Å². The van der Waals surface area contributed by atoms with E-state index >= 15 is 0 Å². The van der Waals surface area contributed by atoms with Crippen LogP contribution in [0.2, 0.25) is 0 Å². The number of ketones is 1. The molecule has 2 rings (SSSR count). The summed E-state index contributed by atoms with van der Waals surface area (Å²) in [7, 11) is 0. The van der Waals surface area contributed by atoms with E-state index in [1.165, 1.54) is 13.8 Å². The molecule has 0 N–H and O–H groups in total. The molecular weight excluding hydrogens is 250 g/mol. The number of carbonyl (C=O) groups is 4. The maximum Gasteiger partial charge on any atom is 0.319 e. The number of likely N-dealkylation sites (tertiary alicyclic amines) is 1. The van der Waals surface area contributed by atoms with Crippen molar-refractivity contribution in [3.63, 3.8) is 0 Å². The standard InChI is InChI=1S/C13H17NO5/c1-4-19-12(18)13(2,3)9(15)6-14-10(16)7-5-8(7)11(14)17/h7-8H,4-6H2,1-3H3. The van der Waals surface area contributed by atoms with Gasteiger partial charge in [-0.05, 0) is 27.2 Å². The van der Waals surface area contributed by atoms with Crippen LogP contribution in [0.1, 0.15) is 27.2 Å². The van der Waals surface area contributed by atoms with E-state index in [0.29, 0.717) is 6.42 Å². The summed E-state index contributed by atoms with van der Waals surface area (Å²) < 4.78 is 4.83. The fraction of sp³-hybridized carbons (Fsp3) is 0.692. The average Bonchev–Trinajstić information content (AvgIpc) is 3.09. The Morgan fingerprint density at radius 3 is 2.26 bits per heavy atom. The van der Waals surface area contributed by atoms with Crippen molar-refractivity contribution in [3.8, 4) is 0 Å². The number of carbonyl (C=O) groups excluding carboxylic acids is 4. The zero-order chi connectivity index (χ0) is 14.4. The zero-order valence-electron chi connectivity index (χ0n) is 11.3. The second-order valence-electron chi connectivity index (χ2n) is 5.48. The van der Waals surface area contributed by atoms with Crippen molar-refractivity contribution in [2.75, 3.05) is 13.2 Å². The highest BCUT2D eigenvalue weighted by Crippen LogP contribution is 2.47. The van der Waals surface area contributed by atoms with E-state index in [2.05, 4.69) is 0 Å². The second kappa shape index (κ2) is 4.43. The molecule has 1 aliphatic carbocycles. The van der Waals surface area contributed by atoms with Crippen LogP contribution in [-0.2, 0) is 23.9 Å². The van der Waals surface area contributed by atoms with Gasteiger partial charge in [0.2, 0.25) is 11.8 Å². The van der Waals surface area contributed by atoms with Crippen LogP contribution in [0.4, 0.5) is 0 Å². The Kier molecular flexibility index (Phi) is 3.20. The predicted octanol–water partition coefficient (Wildman–Crippen LogP) is 0.150. The molecule has 0 bridgehead atoms. The Morgan fingerprint density at radius 1 is 1.26 bits per heavy atom. The number of piperidine rings is 1. The first-order chi connectivity index (χ1) is 8.80. The molecule has 6 nitrogen and oxygen atoms in total. The van der Waals surface area contributed by atoms with E-state index in [9.17, 15) is 19.2 Å². The number of hydrogen-bond acceptors (Lipinski definition) is 5. The second-order valence-corrected chi connectivity index (χ2v) is 5.48. The van der Waals surface area contributed by atoms with Crippen LogP contribution in [0.25, 0.3) is 0 Å². The normalized spacial score (nSPS) is 25.3. The largest absolute Gasteiger partial charge is 0.465 e. The first-order valence-electron chi connectivity index (χ1n) is 6.36. The fourth-order valence-electron chi connectivity index (χ4n) is 2.17. The topological polar surface area (TPSA) is 80.8 Å². The number of Topliss-reactive ketones (excluding diaryl/α,β-unsaturated/α-hetero) is 1. The van der Waals surface area contributed by atoms with Gasteiger partial charge in [-0.25, -0.2) is 0 Å². The van der Waals surface area contributed by atoms with Crippen molar-refractivity contribution in [2.45, 2.75) is 27.2 Å². The molecule has 2 atom stereocenters. The SMILES string of the molecule is CCOC(=O)C(C)(C)C(=O)CN1C(=O)C2CC2C1=O. The van der Waals surface area contributed by atoms with Crippen LogP contribution in [0.15, 0.2) is 0 Å². The summed E-state index contributed by atoms with van der Waals surface area (Å²) in [6.45, 7) is 4.38. The molecule has 1 saturated heterocycles. The minimum absolute atomic E-state index is 0.182. The molecule has 2 fully saturated rings. The maximum absolute atomic E-state index is 12.1. The third kappa shape index (κ3) is 2.15. The summed E-state index contributed by atoms with van der Waals surface area (Å²) in [5, 5.41) is 0. The number of hydrogen-bond donors (Lipinski definition) is 0. The van der Waals surface area contributed by atoms with Gasteiger partial charge in [-0.2, -0.15) is 0 Å². The van der Waals surface area contributed by atoms with Gasteiger partial charge in [0.25, 0.3) is 0 Å². The van der Waals surface area contributed by atoms with E-state index in [0.717, 1.165) is 4.90 Å². The molecule has 1 heterocycles. The summed E-state index contributed by atoms with van der Waals surface area (Å²) in [4.78, 5) is 48.3. The number of esters is 1. The van der Waals surface area contributed by atoms with E-state index in [-0.39, 0.29) is 36.8 Å². The predicted molar refractivity (Wildman–Crippen MR) is 63.7 cm³/mol. The third-order valence-corrected chi connectivity index (χ3v) is 3.74. The van der Waals surface area contributed by atoms with Gasteiger partial charge in [-0.15, -0.1) is 0 Å². The smallest absolute Gasteiger partial charge is 0.319 e. The van der Waals surface area contributed by atoms with Gasteiger partial charge in [0.15, 0.2) is 5.78 Å². The van der Waals surface area contributed by atoms with Gasteiger partial charge in [-0.3, -0.25) is 24.1 Å². The van der Waals surface area contributed by atoms with Crippen molar-refractivity contribution in [3.05, 3.63) is 0 Å². The molecule has 104 valence electrons. The summed E-state index contributed by atoms with van der Waals surface area (Å²) in [5.41, 5.74) is -1.34. The van der Waals surface area contributed by atoms with Crippen LogP contribution in [0, 0.1) is 17.3 Å². The van der Waals surface area contributed by atoms with Crippen LogP contribution in [0.5, 0.6) is 0 Å². The highest BCUT2D eigenvalue weighted by atomic mass is 16.5. The van der Waals surface area contributed by atoms with Crippen LogP contribution < -0.4 is 0 Å². The molecule has 0 radical (unpaired) electrons. The van der Waals surface area contributed by atoms with Gasteiger partial charge in [0.05, 0.1) is 25.0 Å². The zero-order valence-corrected chi connectivity index (χ0v) is 11.3. The van der Waals surface area contributed by atoms with Crippen molar-refractivity contribution in [2.24, 2.45) is 17.3 Å². The highest BCUT2D eigenvalue weighted by Gasteiger charge is 2.59. The number of fused-ring (bicyclic) bond motifs is 1. The summed E-state index contributed by atoms with van der Waals surface area (Å²) >= 11 is 0. The average molecular weight is 267 g/mol. The molecule has 2 amide bonds. The number of imide groups is 1. The van der Waals surface area contributed by atoms with Gasteiger partial charge < -0.3 is 4.74 Å². The van der Waals surface area contributed by atoms with Crippen molar-refractivity contribution in [1.82, 2.24) is 4.90 Å². The van der Waals surface area contributed by atoms with Gasteiger partial charge >= 0.3 is 5.97 Å². The molecule has 6 heteroatoms. The molecule has 1 aliphatic heterocycles. The van der Waals surface area contributed by atoms with Gasteiger partial charge in [-0.1, -0.05) is 0 Å². The molecule has 2 unspecified atom stereocenters. The van der Waals surface area contributed by atoms with Crippen LogP contribution in [0.3, 0.4) is 0 Å². The lowest BCUT2D eigenvalue weighted by Crippen LogP contribution is -2.45. The lowest BCUT2D eigenvalue weighted by molar-refractivity contribution is -0.160. The molecule has 2 aliphatic rings. The molecule has 1 saturated carbocycles. The molecule has 0 aromatic heterocycles. The highest BCUT2D eigenvalue weighted by molar-refractivity contribution is 6.13. The molecule has 0 aromatic carbocycles. The number of amides is 2. The lowest BCUT2D eigenvalue weighted by atomic mass is 9.88. The first-order valence-corrected chi connectivity index (χ1v) is 6.36. The molecule has 19 heavy (non-hydrogen) atoms. The molecule has 0 spiro atoms.